The summed E-state index contributed by atoms with van der Waals surface area (Å²) in [5.41, 5.74) is 1.88. The van der Waals surface area contributed by atoms with Gasteiger partial charge in [0.2, 0.25) is 11.7 Å². The average Bonchev–Trinajstić information content (AvgIpc) is 3.17. The molecule has 0 spiro atoms. The number of carbonyl (C=O) groups excluding carboxylic acids is 4. The Balaban J connectivity index is 2.07. The fraction of sp³-hybridized carbons (Fsp3) is 0.696. The number of aromatic nitrogens is 2. The zero-order valence-electron chi connectivity index (χ0n) is 20.2. The van der Waals surface area contributed by atoms with Crippen LogP contribution in [0.3, 0.4) is 0 Å². The van der Waals surface area contributed by atoms with E-state index in [0.717, 1.165) is 17.7 Å². The molecule has 2 heterocycles. The summed E-state index contributed by atoms with van der Waals surface area (Å²) in [6.07, 6.45) is 4.04. The summed E-state index contributed by atoms with van der Waals surface area (Å²) >= 11 is 0. The molecule has 0 saturated heterocycles. The predicted octanol–water partition coefficient (Wildman–Crippen LogP) is 1.65. The van der Waals surface area contributed by atoms with Crippen LogP contribution in [-0.4, -0.2) is 59.1 Å². The quantitative estimate of drug-likeness (QED) is 0.489. The molecule has 0 aromatic carbocycles. The lowest BCUT2D eigenvalue weighted by Crippen LogP contribution is -2.55. The number of alkyl carbamates (subject to hydrolysis) is 1. The Morgan fingerprint density at radius 3 is 2.61 bits per heavy atom. The van der Waals surface area contributed by atoms with E-state index in [-0.39, 0.29) is 17.9 Å². The minimum absolute atomic E-state index is 0.197. The van der Waals surface area contributed by atoms with Crippen molar-refractivity contribution in [2.75, 3.05) is 13.2 Å². The highest BCUT2D eigenvalue weighted by Gasteiger charge is 2.32. The molecule has 0 fully saturated rings. The highest BCUT2D eigenvalue weighted by molar-refractivity contribution is 6.38. The predicted molar refractivity (Wildman–Crippen MR) is 122 cm³/mol. The molecule has 10 nitrogen and oxygen atoms in total. The molecule has 3 amide bonds. The second kappa shape index (κ2) is 11.8. The van der Waals surface area contributed by atoms with Crippen molar-refractivity contribution in [2.24, 2.45) is 11.3 Å². The Labute approximate surface area is 195 Å². The Bertz CT molecular complexity index is 843. The Kier molecular flexibility index (Phi) is 9.43. The first kappa shape index (κ1) is 26.3. The fourth-order valence-corrected chi connectivity index (χ4v) is 3.49. The zero-order valence-corrected chi connectivity index (χ0v) is 20.2. The number of ether oxygens (including phenoxy) is 1. The summed E-state index contributed by atoms with van der Waals surface area (Å²) in [6, 6.07) is -1.89. The average molecular weight is 464 g/mol. The number of H-pyrrole nitrogens is 1. The van der Waals surface area contributed by atoms with Crippen molar-refractivity contribution in [3.63, 3.8) is 0 Å². The number of hydrogen-bond acceptors (Lipinski definition) is 6. The number of aromatic amines is 1. The molecule has 2 rings (SSSR count). The molecular formula is C23H37N5O5. The van der Waals surface area contributed by atoms with E-state index < -0.39 is 35.8 Å². The van der Waals surface area contributed by atoms with Gasteiger partial charge in [0.15, 0.2) is 0 Å². The monoisotopic (exact) mass is 463 g/mol. The molecule has 0 radical (unpaired) electrons. The van der Waals surface area contributed by atoms with Crippen LogP contribution >= 0.6 is 0 Å². The fourth-order valence-electron chi connectivity index (χ4n) is 3.49. The number of nitrogens with one attached hydrogen (secondary N) is 4. The molecule has 2 unspecified atom stereocenters. The molecule has 0 aliphatic carbocycles. The molecular weight excluding hydrogens is 426 g/mol. The van der Waals surface area contributed by atoms with Gasteiger partial charge in [-0.15, -0.1) is 0 Å². The summed E-state index contributed by atoms with van der Waals surface area (Å²) in [5.74, 6) is -2.19. The van der Waals surface area contributed by atoms with Crippen molar-refractivity contribution in [2.45, 2.75) is 78.8 Å². The number of aryl methyl sites for hydroxylation is 2. The van der Waals surface area contributed by atoms with Crippen molar-refractivity contribution in [3.8, 4) is 0 Å². The number of fused-ring (bicyclic) bond motifs is 1. The van der Waals surface area contributed by atoms with Gasteiger partial charge in [0.1, 0.15) is 6.04 Å². The summed E-state index contributed by atoms with van der Waals surface area (Å²) in [6.45, 7) is 9.90. The van der Waals surface area contributed by atoms with Crippen LogP contribution in [0.25, 0.3) is 0 Å². The lowest BCUT2D eigenvalue weighted by atomic mass is 9.98. The number of rotatable bonds is 5. The van der Waals surface area contributed by atoms with Crippen molar-refractivity contribution in [1.29, 1.82) is 0 Å². The van der Waals surface area contributed by atoms with Gasteiger partial charge in [-0.3, -0.25) is 19.5 Å². The Morgan fingerprint density at radius 1 is 1.21 bits per heavy atom. The standard InChI is InChI=1S/C23H37N5O5/c1-14(2)18(27-22(32)33-13-23(3,4)5)20(30)26-17-9-6-8-15-12-25-28-16(15)10-7-11-24-21(31)19(17)29/h12,14,17-18H,6-11,13H2,1-5H3,(H,24,31)(H,25,28)(H,26,30)(H,27,32). The zero-order chi connectivity index (χ0) is 24.6. The molecule has 1 aliphatic heterocycles. The van der Waals surface area contributed by atoms with Crippen LogP contribution in [0.5, 0.6) is 0 Å². The molecule has 1 aromatic rings. The van der Waals surface area contributed by atoms with E-state index in [1.54, 1.807) is 20.0 Å². The summed E-state index contributed by atoms with van der Waals surface area (Å²) < 4.78 is 5.21. The van der Waals surface area contributed by atoms with Crippen molar-refractivity contribution < 1.29 is 23.9 Å². The van der Waals surface area contributed by atoms with Crippen LogP contribution in [0.1, 0.15) is 65.1 Å². The number of nitrogens with zero attached hydrogens (tertiary/aromatic N) is 1. The summed E-state index contributed by atoms with van der Waals surface area (Å²) in [4.78, 5) is 50.3. The van der Waals surface area contributed by atoms with E-state index in [1.807, 2.05) is 20.8 Å². The van der Waals surface area contributed by atoms with Crippen LogP contribution in [0.15, 0.2) is 6.20 Å². The third-order valence-corrected chi connectivity index (χ3v) is 5.35. The van der Waals surface area contributed by atoms with Gasteiger partial charge in [0.25, 0.3) is 5.91 Å². The van der Waals surface area contributed by atoms with E-state index in [9.17, 15) is 19.2 Å². The Hall–Kier alpha value is -2.91. The lowest BCUT2D eigenvalue weighted by Gasteiger charge is -2.25. The molecule has 4 N–H and O–H groups in total. The van der Waals surface area contributed by atoms with Gasteiger partial charge in [-0.05, 0) is 49.0 Å². The van der Waals surface area contributed by atoms with Crippen molar-refractivity contribution in [3.05, 3.63) is 17.5 Å². The third-order valence-electron chi connectivity index (χ3n) is 5.35. The van der Waals surface area contributed by atoms with Gasteiger partial charge < -0.3 is 20.7 Å². The van der Waals surface area contributed by atoms with E-state index in [1.165, 1.54) is 0 Å². The largest absolute Gasteiger partial charge is 0.449 e. The van der Waals surface area contributed by atoms with Crippen LogP contribution in [0.4, 0.5) is 4.79 Å². The van der Waals surface area contributed by atoms with Gasteiger partial charge in [-0.2, -0.15) is 5.10 Å². The molecule has 0 bridgehead atoms. The number of amides is 3. The van der Waals surface area contributed by atoms with Gasteiger partial charge >= 0.3 is 6.09 Å². The van der Waals surface area contributed by atoms with Crippen LogP contribution in [0, 0.1) is 11.3 Å². The van der Waals surface area contributed by atoms with Crippen LogP contribution < -0.4 is 16.0 Å². The molecule has 2 atom stereocenters. The molecule has 1 aromatic heterocycles. The van der Waals surface area contributed by atoms with Gasteiger partial charge in [0.05, 0.1) is 18.8 Å². The van der Waals surface area contributed by atoms with Gasteiger partial charge in [-0.1, -0.05) is 34.6 Å². The molecule has 184 valence electrons. The first-order valence-corrected chi connectivity index (χ1v) is 11.5. The third kappa shape index (κ3) is 8.51. The normalized spacial score (nSPS) is 18.9. The second-order valence-electron chi connectivity index (χ2n) is 10.1. The molecule has 1 aliphatic rings. The van der Waals surface area contributed by atoms with E-state index in [4.69, 9.17) is 4.74 Å². The van der Waals surface area contributed by atoms with Crippen molar-refractivity contribution >= 4 is 23.7 Å². The molecule has 10 heteroatoms. The molecule has 0 saturated carbocycles. The number of hydrogen-bond donors (Lipinski definition) is 4. The Morgan fingerprint density at radius 2 is 1.94 bits per heavy atom. The molecule has 33 heavy (non-hydrogen) atoms. The lowest BCUT2D eigenvalue weighted by molar-refractivity contribution is -0.140. The maximum Gasteiger partial charge on any atom is 0.407 e. The van der Waals surface area contributed by atoms with E-state index >= 15 is 0 Å². The highest BCUT2D eigenvalue weighted by atomic mass is 16.5. The highest BCUT2D eigenvalue weighted by Crippen LogP contribution is 2.15. The SMILES string of the molecule is CC(C)C(NC(=O)OCC(C)(C)C)C(=O)NC1CCCc2cn[nH]c2CCCNC(=O)C1=O. The number of ketones is 1. The minimum atomic E-state index is -0.985. The second-order valence-corrected chi connectivity index (χ2v) is 10.1. The van der Waals surface area contributed by atoms with Crippen molar-refractivity contribution in [1.82, 2.24) is 26.1 Å². The number of Topliss-reactive ketones (excluding diaryl/α,β-unsaturated/α-hetero) is 1. The van der Waals surface area contributed by atoms with Gasteiger partial charge in [0, 0.05) is 12.2 Å². The summed E-state index contributed by atoms with van der Waals surface area (Å²) in [5, 5.41) is 15.0. The number of carbonyl (C=O) groups is 4. The van der Waals surface area contributed by atoms with E-state index in [2.05, 4.69) is 26.1 Å². The smallest absolute Gasteiger partial charge is 0.407 e. The first-order chi connectivity index (χ1) is 15.5. The topological polar surface area (TPSA) is 142 Å². The van der Waals surface area contributed by atoms with Gasteiger partial charge in [-0.25, -0.2) is 4.79 Å². The summed E-state index contributed by atoms with van der Waals surface area (Å²) in [7, 11) is 0. The maximum atomic E-state index is 13.0. The first-order valence-electron chi connectivity index (χ1n) is 11.5. The van der Waals surface area contributed by atoms with Crippen LogP contribution in [-0.2, 0) is 32.0 Å². The maximum absolute atomic E-state index is 13.0. The minimum Gasteiger partial charge on any atom is -0.449 e. The van der Waals surface area contributed by atoms with Crippen LogP contribution in [0.2, 0.25) is 0 Å². The van der Waals surface area contributed by atoms with E-state index in [0.29, 0.717) is 32.2 Å².